The van der Waals surface area contributed by atoms with Crippen LogP contribution in [0, 0.1) is 0 Å². The van der Waals surface area contributed by atoms with E-state index in [-0.39, 0.29) is 5.69 Å². The fraction of sp³-hybridized carbons (Fsp3) is 0.500. The number of carboxylic acids is 1. The molecule has 0 radical (unpaired) electrons. The molecule has 0 aliphatic rings. The van der Waals surface area contributed by atoms with Crippen molar-refractivity contribution >= 4 is 11.7 Å². The van der Waals surface area contributed by atoms with Crippen LogP contribution in [-0.4, -0.2) is 30.8 Å². The lowest BCUT2D eigenvalue weighted by atomic mass is 10.1. The molecule has 2 N–H and O–H groups in total. The molecule has 7 heteroatoms. The second-order valence-corrected chi connectivity index (χ2v) is 4.46. The summed E-state index contributed by atoms with van der Waals surface area (Å²) >= 11 is 0. The molecule has 0 aliphatic heterocycles. The summed E-state index contributed by atoms with van der Waals surface area (Å²) in [5.74, 6) is -1.41. The Labute approximate surface area is 120 Å². The van der Waals surface area contributed by atoms with E-state index in [9.17, 15) is 18.0 Å². The highest BCUT2D eigenvalue weighted by Gasteiger charge is 2.31. The van der Waals surface area contributed by atoms with Crippen LogP contribution in [0.25, 0.3) is 0 Å². The quantitative estimate of drug-likeness (QED) is 0.720. The molecule has 21 heavy (non-hydrogen) atoms. The van der Waals surface area contributed by atoms with Gasteiger partial charge < -0.3 is 15.2 Å². The van der Waals surface area contributed by atoms with E-state index < -0.39 is 23.3 Å². The summed E-state index contributed by atoms with van der Waals surface area (Å²) in [5, 5.41) is 11.8. The van der Waals surface area contributed by atoms with E-state index in [4.69, 9.17) is 9.84 Å². The summed E-state index contributed by atoms with van der Waals surface area (Å²) in [4.78, 5) is 11.0. The zero-order chi connectivity index (χ0) is 15.9. The number of hydrogen-bond donors (Lipinski definition) is 2. The van der Waals surface area contributed by atoms with Gasteiger partial charge in [0.15, 0.2) is 0 Å². The lowest BCUT2D eigenvalue weighted by Crippen LogP contribution is -2.14. The average molecular weight is 305 g/mol. The molecule has 0 amide bonds. The molecule has 0 bridgehead atoms. The number of ether oxygens (including phenoxy) is 1. The van der Waals surface area contributed by atoms with E-state index in [1.807, 2.05) is 6.92 Å². The van der Waals surface area contributed by atoms with E-state index in [1.165, 1.54) is 0 Å². The largest absolute Gasteiger partial charge is 0.478 e. The summed E-state index contributed by atoms with van der Waals surface area (Å²) in [6.07, 6.45) is -2.62. The number of hydrogen-bond acceptors (Lipinski definition) is 3. The van der Waals surface area contributed by atoms with Crippen molar-refractivity contribution in [1.82, 2.24) is 0 Å². The predicted molar refractivity (Wildman–Crippen MR) is 72.6 cm³/mol. The fourth-order valence-electron chi connectivity index (χ4n) is 1.66. The van der Waals surface area contributed by atoms with Crippen LogP contribution < -0.4 is 5.32 Å². The number of aromatic carboxylic acids is 1. The smallest absolute Gasteiger partial charge is 0.416 e. The Morgan fingerprint density at radius 1 is 1.33 bits per heavy atom. The van der Waals surface area contributed by atoms with Gasteiger partial charge in [-0.2, -0.15) is 13.2 Å². The highest BCUT2D eigenvalue weighted by molar-refractivity contribution is 5.94. The molecule has 1 aromatic rings. The summed E-state index contributed by atoms with van der Waals surface area (Å²) in [6.45, 7) is 3.33. The first-order chi connectivity index (χ1) is 9.86. The van der Waals surface area contributed by atoms with Crippen LogP contribution in [0.15, 0.2) is 18.2 Å². The average Bonchev–Trinajstić information content (AvgIpc) is 2.41. The molecule has 0 unspecified atom stereocenters. The molecule has 0 saturated carbocycles. The minimum atomic E-state index is -4.56. The van der Waals surface area contributed by atoms with Gasteiger partial charge in [0.2, 0.25) is 0 Å². The van der Waals surface area contributed by atoms with E-state index in [0.717, 1.165) is 25.0 Å². The van der Waals surface area contributed by atoms with Crippen molar-refractivity contribution in [3.63, 3.8) is 0 Å². The highest BCUT2D eigenvalue weighted by atomic mass is 19.4. The maximum absolute atomic E-state index is 12.6. The summed E-state index contributed by atoms with van der Waals surface area (Å²) in [7, 11) is 0. The molecular formula is C14H18F3NO3. The Morgan fingerprint density at radius 2 is 2.05 bits per heavy atom. The zero-order valence-corrected chi connectivity index (χ0v) is 11.7. The van der Waals surface area contributed by atoms with Crippen molar-refractivity contribution in [3.05, 3.63) is 29.3 Å². The Hall–Kier alpha value is -1.76. The molecule has 0 heterocycles. The van der Waals surface area contributed by atoms with Crippen LogP contribution in [0.2, 0.25) is 0 Å². The van der Waals surface area contributed by atoms with Crippen LogP contribution in [0.3, 0.4) is 0 Å². The van der Waals surface area contributed by atoms with Gasteiger partial charge in [0.25, 0.3) is 0 Å². The number of rotatable bonds is 8. The third-order valence-electron chi connectivity index (χ3n) is 2.78. The van der Waals surface area contributed by atoms with Gasteiger partial charge in [0, 0.05) is 18.8 Å². The number of benzene rings is 1. The first-order valence-corrected chi connectivity index (χ1v) is 6.62. The molecule has 1 aromatic carbocycles. The van der Waals surface area contributed by atoms with Crippen LogP contribution in [0.4, 0.5) is 18.9 Å². The number of carbonyl (C=O) groups is 1. The lowest BCUT2D eigenvalue weighted by molar-refractivity contribution is -0.137. The fourth-order valence-corrected chi connectivity index (χ4v) is 1.66. The molecule has 118 valence electrons. The molecule has 0 fully saturated rings. The molecule has 0 saturated heterocycles. The minimum absolute atomic E-state index is 0.148. The van der Waals surface area contributed by atoms with Crippen molar-refractivity contribution in [2.24, 2.45) is 0 Å². The number of anilines is 1. The number of nitrogens with one attached hydrogen (secondary N) is 1. The number of alkyl halides is 3. The number of unbranched alkanes of at least 4 members (excludes halogenated alkanes) is 1. The number of carboxylic acid groups (broad SMARTS) is 1. The van der Waals surface area contributed by atoms with Gasteiger partial charge in [0.1, 0.15) is 0 Å². The Morgan fingerprint density at radius 3 is 2.62 bits per heavy atom. The summed E-state index contributed by atoms with van der Waals surface area (Å²) in [6, 6.07) is 2.60. The van der Waals surface area contributed by atoms with Crippen molar-refractivity contribution in [1.29, 1.82) is 0 Å². The highest BCUT2D eigenvalue weighted by Crippen LogP contribution is 2.31. The van der Waals surface area contributed by atoms with Gasteiger partial charge in [0.05, 0.1) is 17.7 Å². The Bertz CT molecular complexity index is 475. The van der Waals surface area contributed by atoms with Gasteiger partial charge in [-0.3, -0.25) is 0 Å². The van der Waals surface area contributed by atoms with Gasteiger partial charge in [-0.05, 0) is 24.6 Å². The van der Waals surface area contributed by atoms with Crippen molar-refractivity contribution in [2.75, 3.05) is 25.1 Å². The van der Waals surface area contributed by atoms with Crippen molar-refractivity contribution in [2.45, 2.75) is 25.9 Å². The summed E-state index contributed by atoms with van der Waals surface area (Å²) in [5.41, 5.74) is -1.24. The van der Waals surface area contributed by atoms with Crippen LogP contribution in [-0.2, 0) is 10.9 Å². The number of halogens is 3. The third kappa shape index (κ3) is 5.63. The molecule has 0 atom stereocenters. The van der Waals surface area contributed by atoms with Gasteiger partial charge in [-0.1, -0.05) is 13.3 Å². The molecular weight excluding hydrogens is 287 g/mol. The second kappa shape index (κ2) is 7.87. The third-order valence-corrected chi connectivity index (χ3v) is 2.78. The first-order valence-electron chi connectivity index (χ1n) is 6.62. The SMILES string of the molecule is CCCCOCCNc1ccc(C(F)(F)F)cc1C(=O)O. The van der Waals surface area contributed by atoms with E-state index in [2.05, 4.69) is 5.32 Å². The van der Waals surface area contributed by atoms with E-state index in [1.54, 1.807) is 0 Å². The first kappa shape index (κ1) is 17.3. The predicted octanol–water partition coefficient (Wildman–Crippen LogP) is 3.63. The topological polar surface area (TPSA) is 58.6 Å². The van der Waals surface area contributed by atoms with Gasteiger partial charge in [-0.15, -0.1) is 0 Å². The van der Waals surface area contributed by atoms with Crippen molar-refractivity contribution in [3.8, 4) is 0 Å². The van der Waals surface area contributed by atoms with Crippen molar-refractivity contribution < 1.29 is 27.8 Å². The van der Waals surface area contributed by atoms with Crippen LogP contribution in [0.1, 0.15) is 35.7 Å². The standard InChI is InChI=1S/C14H18F3NO3/c1-2-3-7-21-8-6-18-12-5-4-10(14(15,16)17)9-11(12)13(19)20/h4-5,9,18H,2-3,6-8H2,1H3,(H,19,20). The van der Waals surface area contributed by atoms with Gasteiger partial charge in [-0.25, -0.2) is 4.79 Å². The maximum atomic E-state index is 12.6. The molecule has 0 spiro atoms. The molecule has 1 rings (SSSR count). The summed E-state index contributed by atoms with van der Waals surface area (Å²) < 4.78 is 42.9. The monoisotopic (exact) mass is 305 g/mol. The van der Waals surface area contributed by atoms with Gasteiger partial charge >= 0.3 is 12.1 Å². The van der Waals surface area contributed by atoms with Crippen LogP contribution >= 0.6 is 0 Å². The molecule has 0 aliphatic carbocycles. The maximum Gasteiger partial charge on any atom is 0.416 e. The Balaban J connectivity index is 2.67. The van der Waals surface area contributed by atoms with E-state index in [0.29, 0.717) is 25.8 Å². The lowest BCUT2D eigenvalue weighted by Gasteiger charge is -2.13. The minimum Gasteiger partial charge on any atom is -0.478 e. The Kier molecular flexibility index (Phi) is 6.48. The molecule has 0 aromatic heterocycles. The zero-order valence-electron chi connectivity index (χ0n) is 11.7. The molecule has 4 nitrogen and oxygen atoms in total. The van der Waals surface area contributed by atoms with Crippen LogP contribution in [0.5, 0.6) is 0 Å². The van der Waals surface area contributed by atoms with E-state index >= 15 is 0 Å². The normalized spacial score (nSPS) is 11.4. The second-order valence-electron chi connectivity index (χ2n) is 4.46.